The number of hydrogen-bond acceptors (Lipinski definition) is 4. The molecule has 0 aliphatic carbocycles. The van der Waals surface area contributed by atoms with Gasteiger partial charge in [-0.15, -0.1) is 0 Å². The largest absolute Gasteiger partial charge is 0.497 e. The van der Waals surface area contributed by atoms with Crippen molar-refractivity contribution in [2.24, 2.45) is 0 Å². The molecule has 0 saturated carbocycles. The van der Waals surface area contributed by atoms with Gasteiger partial charge in [-0.1, -0.05) is 11.6 Å². The van der Waals surface area contributed by atoms with Crippen molar-refractivity contribution in [2.75, 3.05) is 12.8 Å². The number of ether oxygens (including phenoxy) is 1. The molecule has 1 heterocycles. The van der Waals surface area contributed by atoms with Gasteiger partial charge < -0.3 is 14.9 Å². The lowest BCUT2D eigenvalue weighted by Crippen LogP contribution is -1.92. The number of anilines is 1. The molecule has 0 unspecified atom stereocenters. The predicted molar refractivity (Wildman–Crippen MR) is 80.2 cm³/mol. The maximum absolute atomic E-state index is 6.03. The van der Waals surface area contributed by atoms with E-state index >= 15 is 0 Å². The highest BCUT2D eigenvalue weighted by atomic mass is 35.5. The number of nitrogen functional groups attached to an aromatic ring is 1. The number of nitrogens with two attached hydrogens (primary N) is 1. The van der Waals surface area contributed by atoms with Crippen LogP contribution in [-0.4, -0.2) is 12.1 Å². The van der Waals surface area contributed by atoms with Crippen LogP contribution in [0.25, 0.3) is 22.6 Å². The minimum Gasteiger partial charge on any atom is -0.497 e. The van der Waals surface area contributed by atoms with Crippen LogP contribution in [0.2, 0.25) is 5.02 Å². The molecule has 5 heteroatoms. The summed E-state index contributed by atoms with van der Waals surface area (Å²) >= 11 is 6.03. The van der Waals surface area contributed by atoms with Crippen LogP contribution in [0.5, 0.6) is 5.75 Å². The Morgan fingerprint density at radius 2 is 2.05 bits per heavy atom. The smallest absolute Gasteiger partial charge is 0.229 e. The average molecular weight is 289 g/mol. The van der Waals surface area contributed by atoms with Gasteiger partial charge in [0.1, 0.15) is 11.3 Å². The van der Waals surface area contributed by atoms with Crippen molar-refractivity contribution < 1.29 is 9.15 Å². The summed E-state index contributed by atoms with van der Waals surface area (Å²) in [5.41, 5.74) is 9.69. The zero-order valence-corrected chi connectivity index (χ0v) is 11.9. The Morgan fingerprint density at radius 1 is 1.25 bits per heavy atom. The molecule has 2 N–H and O–H groups in total. The fourth-order valence-electron chi connectivity index (χ4n) is 2.13. The number of methoxy groups -OCH3 is 1. The minimum absolute atomic E-state index is 0.477. The zero-order chi connectivity index (χ0) is 14.3. The number of aromatic nitrogens is 1. The number of fused-ring (bicyclic) bond motifs is 1. The topological polar surface area (TPSA) is 61.3 Å². The van der Waals surface area contributed by atoms with Gasteiger partial charge >= 0.3 is 0 Å². The minimum atomic E-state index is 0.477. The van der Waals surface area contributed by atoms with E-state index < -0.39 is 0 Å². The van der Waals surface area contributed by atoms with Crippen LogP contribution in [0.1, 0.15) is 5.56 Å². The first-order valence-corrected chi connectivity index (χ1v) is 6.47. The summed E-state index contributed by atoms with van der Waals surface area (Å²) in [4.78, 5) is 4.45. The third kappa shape index (κ3) is 2.08. The highest BCUT2D eigenvalue weighted by Gasteiger charge is 2.13. The first-order chi connectivity index (χ1) is 9.58. The molecule has 3 rings (SSSR count). The van der Waals surface area contributed by atoms with Gasteiger partial charge in [-0.2, -0.15) is 0 Å². The molecule has 0 radical (unpaired) electrons. The van der Waals surface area contributed by atoms with Crippen molar-refractivity contribution in [2.45, 2.75) is 6.92 Å². The number of rotatable bonds is 2. The van der Waals surface area contributed by atoms with Crippen molar-refractivity contribution >= 4 is 28.4 Å². The van der Waals surface area contributed by atoms with E-state index in [4.69, 9.17) is 26.5 Å². The molecule has 0 spiro atoms. The molecule has 0 bridgehead atoms. The SMILES string of the molecule is COc1ccc(-c2nc3cc(Cl)cc(C)c3o2)c(N)c1. The Hall–Kier alpha value is -2.20. The average Bonchev–Trinajstić information content (AvgIpc) is 2.82. The monoisotopic (exact) mass is 288 g/mol. The van der Waals surface area contributed by atoms with Crippen molar-refractivity contribution in [3.05, 3.63) is 40.9 Å². The first-order valence-electron chi connectivity index (χ1n) is 6.09. The molecule has 0 aliphatic rings. The van der Waals surface area contributed by atoms with E-state index in [1.54, 1.807) is 19.2 Å². The number of hydrogen-bond donors (Lipinski definition) is 1. The molecule has 0 fully saturated rings. The molecule has 20 heavy (non-hydrogen) atoms. The van der Waals surface area contributed by atoms with E-state index in [-0.39, 0.29) is 0 Å². The van der Waals surface area contributed by atoms with Gasteiger partial charge in [0.25, 0.3) is 0 Å². The van der Waals surface area contributed by atoms with Crippen molar-refractivity contribution in [3.63, 3.8) is 0 Å². The Kier molecular flexibility index (Phi) is 3.03. The summed E-state index contributed by atoms with van der Waals surface area (Å²) in [7, 11) is 1.60. The zero-order valence-electron chi connectivity index (χ0n) is 11.1. The lowest BCUT2D eigenvalue weighted by atomic mass is 10.1. The van der Waals surface area contributed by atoms with E-state index in [9.17, 15) is 0 Å². The van der Waals surface area contributed by atoms with Crippen molar-refractivity contribution in [1.29, 1.82) is 0 Å². The van der Waals surface area contributed by atoms with Gasteiger partial charge in [0.15, 0.2) is 5.58 Å². The van der Waals surface area contributed by atoms with Gasteiger partial charge in [0, 0.05) is 16.8 Å². The molecule has 3 aromatic rings. The van der Waals surface area contributed by atoms with Gasteiger partial charge in [-0.25, -0.2) is 4.98 Å². The van der Waals surface area contributed by atoms with Crippen LogP contribution in [0.4, 0.5) is 5.69 Å². The maximum Gasteiger partial charge on any atom is 0.229 e. The van der Waals surface area contributed by atoms with E-state index in [1.165, 1.54) is 0 Å². The summed E-state index contributed by atoms with van der Waals surface area (Å²) in [5.74, 6) is 1.17. The summed E-state index contributed by atoms with van der Waals surface area (Å²) in [6.45, 7) is 1.93. The van der Waals surface area contributed by atoms with Gasteiger partial charge in [0.2, 0.25) is 5.89 Å². The summed E-state index contributed by atoms with van der Waals surface area (Å²) in [6.07, 6.45) is 0. The summed E-state index contributed by atoms with van der Waals surface area (Å²) in [5, 5.41) is 0.637. The quantitative estimate of drug-likeness (QED) is 0.723. The van der Waals surface area contributed by atoms with Crippen LogP contribution < -0.4 is 10.5 Å². The molecule has 102 valence electrons. The lowest BCUT2D eigenvalue weighted by molar-refractivity contribution is 0.415. The molecule has 2 aromatic carbocycles. The van der Waals surface area contributed by atoms with Crippen molar-refractivity contribution in [3.8, 4) is 17.2 Å². The number of benzene rings is 2. The molecule has 0 atom stereocenters. The number of nitrogens with zero attached hydrogens (tertiary/aromatic N) is 1. The number of aryl methyl sites for hydroxylation is 1. The second-order valence-corrected chi connectivity index (χ2v) is 4.98. The fourth-order valence-corrected chi connectivity index (χ4v) is 2.40. The van der Waals surface area contributed by atoms with Crippen LogP contribution in [0.3, 0.4) is 0 Å². The van der Waals surface area contributed by atoms with E-state index in [1.807, 2.05) is 25.1 Å². The highest BCUT2D eigenvalue weighted by Crippen LogP contribution is 2.33. The summed E-state index contributed by atoms with van der Waals surface area (Å²) < 4.78 is 10.9. The molecule has 1 aromatic heterocycles. The molecule has 0 saturated heterocycles. The molecule has 0 amide bonds. The molecule has 0 aliphatic heterocycles. The second-order valence-electron chi connectivity index (χ2n) is 4.54. The van der Waals surface area contributed by atoms with Crippen LogP contribution in [0, 0.1) is 6.92 Å². The lowest BCUT2D eigenvalue weighted by Gasteiger charge is -2.04. The maximum atomic E-state index is 6.03. The standard InChI is InChI=1S/C15H13ClN2O2/c1-8-5-9(16)6-13-14(8)20-15(18-13)11-4-3-10(19-2)7-12(11)17/h3-7H,17H2,1-2H3. The van der Waals surface area contributed by atoms with Crippen LogP contribution >= 0.6 is 11.6 Å². The molecular weight excluding hydrogens is 276 g/mol. The van der Waals surface area contributed by atoms with Gasteiger partial charge in [-0.05, 0) is 36.8 Å². The van der Waals surface area contributed by atoms with Crippen molar-refractivity contribution in [1.82, 2.24) is 4.98 Å². The molecule has 4 nitrogen and oxygen atoms in total. The van der Waals surface area contributed by atoms with Gasteiger partial charge in [-0.3, -0.25) is 0 Å². The van der Waals surface area contributed by atoms with E-state index in [0.717, 1.165) is 22.2 Å². The number of halogens is 1. The van der Waals surface area contributed by atoms with E-state index in [0.29, 0.717) is 22.4 Å². The van der Waals surface area contributed by atoms with Gasteiger partial charge in [0.05, 0.1) is 12.7 Å². The Labute approximate surface area is 121 Å². The third-order valence-corrected chi connectivity index (χ3v) is 3.35. The Bertz CT molecular complexity index is 796. The van der Waals surface area contributed by atoms with Crippen LogP contribution in [-0.2, 0) is 0 Å². The Morgan fingerprint density at radius 3 is 2.75 bits per heavy atom. The second kappa shape index (κ2) is 4.72. The molecular formula is C15H13ClN2O2. The fraction of sp³-hybridized carbons (Fsp3) is 0.133. The number of oxazole rings is 1. The Balaban J connectivity index is 2.17. The first kappa shape index (κ1) is 12.8. The predicted octanol–water partition coefficient (Wildman–Crippen LogP) is 4.05. The highest BCUT2D eigenvalue weighted by molar-refractivity contribution is 6.31. The normalized spacial score (nSPS) is 10.9. The third-order valence-electron chi connectivity index (χ3n) is 3.13. The van der Waals surface area contributed by atoms with Crippen LogP contribution in [0.15, 0.2) is 34.7 Å². The summed E-state index contributed by atoms with van der Waals surface area (Å²) in [6, 6.07) is 9.01. The van der Waals surface area contributed by atoms with E-state index in [2.05, 4.69) is 4.98 Å².